The highest BCUT2D eigenvalue weighted by Gasteiger charge is 2.53. The predicted octanol–water partition coefficient (Wildman–Crippen LogP) is 4.05. The molecular weight excluding hydrogens is 302 g/mol. The van der Waals surface area contributed by atoms with Crippen molar-refractivity contribution in [2.24, 2.45) is 0 Å². The molecule has 1 atom stereocenters. The van der Waals surface area contributed by atoms with Gasteiger partial charge in [-0.05, 0) is 35.8 Å². The number of carbonyl (C=O) groups excluding carboxylic acids is 1. The number of rotatable bonds is 1. The van der Waals surface area contributed by atoms with Gasteiger partial charge in [-0.3, -0.25) is 4.79 Å². The molecule has 1 aliphatic carbocycles. The Kier molecular flexibility index (Phi) is 2.77. The third-order valence-electron chi connectivity index (χ3n) is 5.17. The van der Waals surface area contributed by atoms with Crippen LogP contribution < -0.4 is 0 Å². The maximum absolute atomic E-state index is 13.0. The van der Waals surface area contributed by atoms with Crippen LogP contribution >= 0.6 is 11.8 Å². The number of nitrogens with zero attached hydrogens (tertiary/aromatic N) is 1. The Morgan fingerprint density at radius 2 is 1.91 bits per heavy atom. The van der Waals surface area contributed by atoms with Gasteiger partial charge in [-0.1, -0.05) is 48.6 Å². The van der Waals surface area contributed by atoms with E-state index in [1.54, 1.807) is 0 Å². The Balaban J connectivity index is 1.84. The number of amides is 1. The molecule has 0 radical (unpaired) electrons. The van der Waals surface area contributed by atoms with E-state index in [0.29, 0.717) is 0 Å². The fraction of sp³-hybridized carbons (Fsp3) is 0.250. The molecule has 3 heteroatoms. The lowest BCUT2D eigenvalue weighted by Crippen LogP contribution is -2.46. The Morgan fingerprint density at radius 3 is 2.87 bits per heavy atom. The molecular formula is C20H17NOS. The van der Waals surface area contributed by atoms with Gasteiger partial charge in [0, 0.05) is 23.2 Å². The molecule has 2 aromatic rings. The minimum Gasteiger partial charge on any atom is -0.316 e. The molecule has 0 spiro atoms. The largest absolute Gasteiger partial charge is 0.316 e. The second-order valence-electron chi connectivity index (χ2n) is 6.33. The molecule has 23 heavy (non-hydrogen) atoms. The number of hydrogen-bond acceptors (Lipinski definition) is 2. The minimum atomic E-state index is -0.341. The van der Waals surface area contributed by atoms with E-state index >= 15 is 0 Å². The van der Waals surface area contributed by atoms with Crippen molar-refractivity contribution in [3.8, 4) is 0 Å². The van der Waals surface area contributed by atoms with Gasteiger partial charge in [0.1, 0.15) is 4.87 Å². The molecule has 0 aromatic heterocycles. The zero-order chi connectivity index (χ0) is 15.4. The number of carbonyl (C=O) groups is 1. The molecule has 1 unspecified atom stereocenters. The first-order valence-electron chi connectivity index (χ1n) is 8.17. The Hall–Kier alpha value is -2.00. The fourth-order valence-electron chi connectivity index (χ4n) is 4.21. The lowest BCUT2D eigenvalue weighted by molar-refractivity contribution is 0.0716. The summed E-state index contributed by atoms with van der Waals surface area (Å²) in [6.07, 6.45) is 6.53. The molecule has 1 saturated heterocycles. The molecule has 1 amide bonds. The average molecular weight is 319 g/mol. The van der Waals surface area contributed by atoms with Crippen LogP contribution in [0.5, 0.6) is 0 Å². The Labute approximate surface area is 140 Å². The van der Waals surface area contributed by atoms with Crippen molar-refractivity contribution >= 4 is 23.7 Å². The van der Waals surface area contributed by atoms with Crippen molar-refractivity contribution in [1.82, 2.24) is 4.90 Å². The van der Waals surface area contributed by atoms with Gasteiger partial charge < -0.3 is 4.90 Å². The molecule has 0 bridgehead atoms. The SMILES string of the molecule is O=C1c2ccccc2C2(c3cccc4c3C=CC4)SCCCN12. The van der Waals surface area contributed by atoms with Crippen LogP contribution in [0.15, 0.2) is 48.5 Å². The molecule has 3 aliphatic rings. The fourth-order valence-corrected chi connectivity index (χ4v) is 5.78. The van der Waals surface area contributed by atoms with Gasteiger partial charge in [-0.25, -0.2) is 0 Å². The highest BCUT2D eigenvalue weighted by Crippen LogP contribution is 2.55. The summed E-state index contributed by atoms with van der Waals surface area (Å²) in [5.74, 6) is 1.28. The normalized spacial score (nSPS) is 24.5. The summed E-state index contributed by atoms with van der Waals surface area (Å²) in [7, 11) is 0. The summed E-state index contributed by atoms with van der Waals surface area (Å²) in [6.45, 7) is 0.841. The van der Waals surface area contributed by atoms with Crippen molar-refractivity contribution < 1.29 is 4.79 Å². The number of fused-ring (bicyclic) bond motifs is 4. The van der Waals surface area contributed by atoms with Crippen LogP contribution in [0.1, 0.15) is 39.0 Å². The Morgan fingerprint density at radius 1 is 1.04 bits per heavy atom. The topological polar surface area (TPSA) is 20.3 Å². The molecule has 2 aliphatic heterocycles. The highest BCUT2D eigenvalue weighted by atomic mass is 32.2. The zero-order valence-corrected chi connectivity index (χ0v) is 13.6. The number of benzene rings is 2. The van der Waals surface area contributed by atoms with E-state index in [-0.39, 0.29) is 10.8 Å². The summed E-state index contributed by atoms with van der Waals surface area (Å²) in [4.78, 5) is 14.8. The van der Waals surface area contributed by atoms with Gasteiger partial charge >= 0.3 is 0 Å². The van der Waals surface area contributed by atoms with Crippen LogP contribution in [0.3, 0.4) is 0 Å². The van der Waals surface area contributed by atoms with Crippen molar-refractivity contribution in [2.75, 3.05) is 12.3 Å². The summed E-state index contributed by atoms with van der Waals surface area (Å²) < 4.78 is 0. The van der Waals surface area contributed by atoms with Gasteiger partial charge in [-0.15, -0.1) is 11.8 Å². The van der Waals surface area contributed by atoms with Crippen LogP contribution in [-0.4, -0.2) is 23.1 Å². The molecule has 2 aromatic carbocycles. The van der Waals surface area contributed by atoms with E-state index in [4.69, 9.17) is 0 Å². The first-order valence-corrected chi connectivity index (χ1v) is 9.15. The van der Waals surface area contributed by atoms with Crippen LogP contribution in [0, 0.1) is 0 Å². The maximum atomic E-state index is 13.0. The monoisotopic (exact) mass is 319 g/mol. The minimum absolute atomic E-state index is 0.187. The van der Waals surface area contributed by atoms with E-state index in [1.165, 1.54) is 22.3 Å². The average Bonchev–Trinajstić information content (AvgIpc) is 3.18. The summed E-state index contributed by atoms with van der Waals surface area (Å²) >= 11 is 1.92. The van der Waals surface area contributed by atoms with Gasteiger partial charge in [0.25, 0.3) is 5.91 Å². The second kappa shape index (κ2) is 4.75. The van der Waals surface area contributed by atoms with Gasteiger partial charge in [0.15, 0.2) is 0 Å². The van der Waals surface area contributed by atoms with Gasteiger partial charge in [0.05, 0.1) is 0 Å². The van der Waals surface area contributed by atoms with Crippen LogP contribution in [-0.2, 0) is 11.3 Å². The zero-order valence-electron chi connectivity index (χ0n) is 12.8. The van der Waals surface area contributed by atoms with Crippen molar-refractivity contribution in [2.45, 2.75) is 17.7 Å². The van der Waals surface area contributed by atoms with E-state index in [1.807, 2.05) is 23.9 Å². The molecule has 2 nitrogen and oxygen atoms in total. The summed E-state index contributed by atoms with van der Waals surface area (Å²) in [5.41, 5.74) is 6.02. The molecule has 5 rings (SSSR count). The summed E-state index contributed by atoms with van der Waals surface area (Å²) in [6, 6.07) is 14.7. The number of hydrogen-bond donors (Lipinski definition) is 0. The predicted molar refractivity (Wildman–Crippen MR) is 94.5 cm³/mol. The molecule has 2 heterocycles. The van der Waals surface area contributed by atoms with Crippen molar-refractivity contribution in [1.29, 1.82) is 0 Å². The van der Waals surface area contributed by atoms with Crippen LogP contribution in [0.25, 0.3) is 6.08 Å². The van der Waals surface area contributed by atoms with Crippen LogP contribution in [0.2, 0.25) is 0 Å². The molecule has 114 valence electrons. The summed E-state index contributed by atoms with van der Waals surface area (Å²) in [5, 5.41) is 0. The third kappa shape index (κ3) is 1.63. The van der Waals surface area contributed by atoms with Gasteiger partial charge in [0.2, 0.25) is 0 Å². The van der Waals surface area contributed by atoms with E-state index in [2.05, 4.69) is 47.4 Å². The number of allylic oxidation sites excluding steroid dienone is 1. The molecule has 0 saturated carbocycles. The van der Waals surface area contributed by atoms with Crippen LogP contribution in [0.4, 0.5) is 0 Å². The maximum Gasteiger partial charge on any atom is 0.255 e. The standard InChI is InChI=1S/C20H17NOS/c22-19-16-8-1-2-10-18(16)20(21(19)12-5-13-23-20)17-11-4-7-14-6-3-9-15(14)17/h1-4,7-11H,5-6,12-13H2. The quantitative estimate of drug-likeness (QED) is 0.790. The Bertz CT molecular complexity index is 856. The number of thioether (sulfide) groups is 1. The lowest BCUT2D eigenvalue weighted by Gasteiger charge is -2.43. The smallest absolute Gasteiger partial charge is 0.255 e. The first kappa shape index (κ1) is 13.4. The van der Waals surface area contributed by atoms with Gasteiger partial charge in [-0.2, -0.15) is 0 Å². The van der Waals surface area contributed by atoms with Crippen molar-refractivity contribution in [3.63, 3.8) is 0 Å². The third-order valence-corrected chi connectivity index (χ3v) is 6.74. The highest BCUT2D eigenvalue weighted by molar-refractivity contribution is 8.00. The van der Waals surface area contributed by atoms with Crippen molar-refractivity contribution in [3.05, 3.63) is 76.4 Å². The first-order chi connectivity index (χ1) is 11.3. The lowest BCUT2D eigenvalue weighted by atomic mass is 9.91. The molecule has 1 fully saturated rings. The second-order valence-corrected chi connectivity index (χ2v) is 7.62. The molecule has 0 N–H and O–H groups in total. The van der Waals surface area contributed by atoms with E-state index < -0.39 is 0 Å². The van der Waals surface area contributed by atoms with E-state index in [9.17, 15) is 4.79 Å². The van der Waals surface area contributed by atoms with E-state index in [0.717, 1.165) is 30.7 Å².